The molecular weight excluding hydrogens is 292 g/mol. The van der Waals surface area contributed by atoms with E-state index in [1.54, 1.807) is 13.0 Å². The lowest BCUT2D eigenvalue weighted by molar-refractivity contribution is -0.384. The van der Waals surface area contributed by atoms with Crippen molar-refractivity contribution in [1.29, 1.82) is 0 Å². The summed E-state index contributed by atoms with van der Waals surface area (Å²) in [7, 11) is -3.14. The van der Waals surface area contributed by atoms with E-state index in [1.807, 2.05) is 0 Å². The minimum Gasteiger partial charge on any atom is -0.378 e. The smallest absolute Gasteiger partial charge is 0.288 e. The molecule has 6 nitrogen and oxygen atoms in total. The Morgan fingerprint density at radius 1 is 1.47 bits per heavy atom. The Bertz CT molecular complexity index is 670. The molecule has 1 aromatic rings. The topological polar surface area (TPSA) is 89.3 Å². The van der Waals surface area contributed by atoms with E-state index in [9.17, 15) is 18.5 Å². The monoisotopic (exact) mass is 302 g/mol. The highest BCUT2D eigenvalue weighted by molar-refractivity contribution is 7.94. The van der Waals surface area contributed by atoms with Crippen LogP contribution in [0.2, 0.25) is 5.02 Å². The summed E-state index contributed by atoms with van der Waals surface area (Å²) in [6.45, 7) is 1.69. The highest BCUT2D eigenvalue weighted by Gasteiger charge is 2.23. The van der Waals surface area contributed by atoms with Crippen molar-refractivity contribution >= 4 is 32.8 Å². The van der Waals surface area contributed by atoms with Crippen molar-refractivity contribution in [3.8, 4) is 0 Å². The molecule has 1 N–H and O–H groups in total. The fourth-order valence-corrected chi connectivity index (χ4v) is 3.30. The van der Waals surface area contributed by atoms with Crippen molar-refractivity contribution in [2.75, 3.05) is 11.1 Å². The maximum Gasteiger partial charge on any atom is 0.288 e. The second-order valence-corrected chi connectivity index (χ2v) is 6.62. The molecule has 1 aromatic carbocycles. The van der Waals surface area contributed by atoms with Gasteiger partial charge in [0.25, 0.3) is 5.69 Å². The molecule has 1 aliphatic rings. The highest BCUT2D eigenvalue weighted by Crippen LogP contribution is 2.31. The summed E-state index contributed by atoms with van der Waals surface area (Å²) >= 11 is 5.82. The SMILES string of the molecule is Cc1cc([N+](=O)[O-])c(Cl)cc1NC1C=CS(=O)(=O)C1. The van der Waals surface area contributed by atoms with E-state index in [4.69, 9.17) is 11.6 Å². The molecule has 1 aliphatic heterocycles. The van der Waals surface area contributed by atoms with Gasteiger partial charge in [0.2, 0.25) is 0 Å². The van der Waals surface area contributed by atoms with Gasteiger partial charge >= 0.3 is 0 Å². The van der Waals surface area contributed by atoms with E-state index in [1.165, 1.54) is 12.1 Å². The van der Waals surface area contributed by atoms with Crippen LogP contribution in [0.5, 0.6) is 0 Å². The molecule has 0 radical (unpaired) electrons. The number of sulfone groups is 1. The van der Waals surface area contributed by atoms with Crippen LogP contribution >= 0.6 is 11.6 Å². The summed E-state index contributed by atoms with van der Waals surface area (Å²) < 4.78 is 22.6. The lowest BCUT2D eigenvalue weighted by Crippen LogP contribution is -2.21. The number of aryl methyl sites for hydroxylation is 1. The first-order valence-corrected chi connectivity index (χ1v) is 7.50. The van der Waals surface area contributed by atoms with Crippen LogP contribution in [-0.2, 0) is 9.84 Å². The summed E-state index contributed by atoms with van der Waals surface area (Å²) in [5.74, 6) is -0.0267. The minimum absolute atomic E-state index is 0.0166. The number of nitro benzene ring substituents is 1. The number of anilines is 1. The van der Waals surface area contributed by atoms with E-state index in [0.29, 0.717) is 11.3 Å². The Morgan fingerprint density at radius 3 is 2.68 bits per heavy atom. The molecule has 0 saturated heterocycles. The largest absolute Gasteiger partial charge is 0.378 e. The van der Waals surface area contributed by atoms with Gasteiger partial charge in [-0.2, -0.15) is 0 Å². The fourth-order valence-electron chi connectivity index (χ4n) is 1.83. The van der Waals surface area contributed by atoms with Crippen molar-refractivity contribution in [3.63, 3.8) is 0 Å². The molecule has 102 valence electrons. The van der Waals surface area contributed by atoms with Gasteiger partial charge in [0.1, 0.15) is 5.02 Å². The molecule has 2 rings (SSSR count). The van der Waals surface area contributed by atoms with Crippen molar-refractivity contribution < 1.29 is 13.3 Å². The second-order valence-electron chi connectivity index (χ2n) is 4.28. The zero-order chi connectivity index (χ0) is 14.2. The second kappa shape index (κ2) is 4.82. The molecule has 1 atom stereocenters. The summed E-state index contributed by atoms with van der Waals surface area (Å²) in [5.41, 5.74) is 1.05. The Kier molecular flexibility index (Phi) is 3.51. The van der Waals surface area contributed by atoms with Crippen molar-refractivity contribution in [2.45, 2.75) is 13.0 Å². The molecule has 0 aromatic heterocycles. The number of hydrogen-bond acceptors (Lipinski definition) is 5. The Labute approximate surface area is 115 Å². The van der Waals surface area contributed by atoms with E-state index in [0.717, 1.165) is 5.41 Å². The predicted molar refractivity (Wildman–Crippen MR) is 73.2 cm³/mol. The zero-order valence-corrected chi connectivity index (χ0v) is 11.5. The van der Waals surface area contributed by atoms with Gasteiger partial charge in [-0.05, 0) is 18.6 Å². The van der Waals surface area contributed by atoms with Gasteiger partial charge in [-0.1, -0.05) is 17.7 Å². The van der Waals surface area contributed by atoms with E-state index in [-0.39, 0.29) is 22.5 Å². The van der Waals surface area contributed by atoms with E-state index in [2.05, 4.69) is 5.32 Å². The quantitative estimate of drug-likeness (QED) is 0.683. The third-order valence-electron chi connectivity index (χ3n) is 2.76. The van der Waals surface area contributed by atoms with Gasteiger partial charge in [0.05, 0.1) is 16.7 Å². The molecule has 1 heterocycles. The summed E-state index contributed by atoms with van der Waals surface area (Å²) in [6, 6.07) is 2.45. The highest BCUT2D eigenvalue weighted by atomic mass is 35.5. The molecular formula is C11H11ClN2O4S. The van der Waals surface area contributed by atoms with Crippen LogP contribution in [0.25, 0.3) is 0 Å². The molecule has 0 bridgehead atoms. The average Bonchev–Trinajstić information content (AvgIpc) is 2.62. The summed E-state index contributed by atoms with van der Waals surface area (Å²) in [5, 5.41) is 14.9. The molecule has 0 saturated carbocycles. The standard InChI is InChI=1S/C11H11ClN2O4S/c1-7-4-11(14(15)16)9(12)5-10(7)13-8-2-3-19(17,18)6-8/h2-5,8,13H,6H2,1H3. The van der Waals surface area contributed by atoms with Crippen LogP contribution in [0.4, 0.5) is 11.4 Å². The molecule has 0 spiro atoms. The molecule has 8 heteroatoms. The number of hydrogen-bond donors (Lipinski definition) is 1. The van der Waals surface area contributed by atoms with Crippen LogP contribution in [0, 0.1) is 17.0 Å². The van der Waals surface area contributed by atoms with Gasteiger partial charge < -0.3 is 5.32 Å². The Hall–Kier alpha value is -1.60. The first-order chi connectivity index (χ1) is 8.78. The maximum absolute atomic E-state index is 11.3. The minimum atomic E-state index is -3.14. The van der Waals surface area contributed by atoms with Crippen LogP contribution in [0.3, 0.4) is 0 Å². The molecule has 0 amide bonds. The predicted octanol–water partition coefficient (Wildman–Crippen LogP) is 2.28. The molecule has 0 aliphatic carbocycles. The van der Waals surface area contributed by atoms with Gasteiger partial charge in [-0.25, -0.2) is 8.42 Å². The maximum atomic E-state index is 11.3. The lowest BCUT2D eigenvalue weighted by Gasteiger charge is -2.14. The normalized spacial score (nSPS) is 20.4. The molecule has 0 fully saturated rings. The van der Waals surface area contributed by atoms with Crippen molar-refractivity contribution in [1.82, 2.24) is 0 Å². The number of nitrogens with one attached hydrogen (secondary N) is 1. The van der Waals surface area contributed by atoms with Gasteiger partial charge in [-0.15, -0.1) is 0 Å². The number of rotatable bonds is 3. The first kappa shape index (κ1) is 13.8. The molecule has 1 unspecified atom stereocenters. The van der Waals surface area contributed by atoms with Crippen LogP contribution in [0.15, 0.2) is 23.6 Å². The average molecular weight is 303 g/mol. The first-order valence-electron chi connectivity index (χ1n) is 5.40. The van der Waals surface area contributed by atoms with Crippen LogP contribution in [-0.4, -0.2) is 25.1 Å². The molecule has 19 heavy (non-hydrogen) atoms. The third-order valence-corrected chi connectivity index (χ3v) is 4.46. The lowest BCUT2D eigenvalue weighted by atomic mass is 10.1. The number of halogens is 1. The number of nitrogens with zero attached hydrogens (tertiary/aromatic N) is 1. The van der Waals surface area contributed by atoms with Crippen molar-refractivity contribution in [2.24, 2.45) is 0 Å². The van der Waals surface area contributed by atoms with Gasteiger partial charge in [0, 0.05) is 17.2 Å². The van der Waals surface area contributed by atoms with Crippen molar-refractivity contribution in [3.05, 3.63) is 44.3 Å². The fraction of sp³-hybridized carbons (Fsp3) is 0.273. The zero-order valence-electron chi connectivity index (χ0n) is 9.96. The Morgan fingerprint density at radius 2 is 2.16 bits per heavy atom. The number of nitro groups is 1. The summed E-state index contributed by atoms with van der Waals surface area (Å²) in [6.07, 6.45) is 1.55. The Balaban J connectivity index is 2.25. The van der Waals surface area contributed by atoms with Crippen LogP contribution in [0.1, 0.15) is 5.56 Å². The van der Waals surface area contributed by atoms with Crippen LogP contribution < -0.4 is 5.32 Å². The van der Waals surface area contributed by atoms with E-state index < -0.39 is 14.8 Å². The van der Waals surface area contributed by atoms with E-state index >= 15 is 0 Å². The third kappa shape index (κ3) is 3.05. The summed E-state index contributed by atoms with van der Waals surface area (Å²) in [4.78, 5) is 10.2. The number of benzene rings is 1. The van der Waals surface area contributed by atoms with Gasteiger partial charge in [0.15, 0.2) is 9.84 Å². The van der Waals surface area contributed by atoms with Gasteiger partial charge in [-0.3, -0.25) is 10.1 Å².